The SMILES string of the molecule is CN(C(=O)CN(Cc1c(F)cccc1Cl)S(=O)(=O)c1ccc(Cl)cc1)c1ccc(F)cc1. The van der Waals surface area contributed by atoms with E-state index in [0.29, 0.717) is 10.7 Å². The van der Waals surface area contributed by atoms with Crippen molar-refractivity contribution in [2.24, 2.45) is 0 Å². The number of hydrogen-bond donors (Lipinski definition) is 0. The molecule has 3 aromatic rings. The van der Waals surface area contributed by atoms with Crippen LogP contribution in [0.4, 0.5) is 14.5 Å². The third kappa shape index (κ3) is 5.45. The van der Waals surface area contributed by atoms with Gasteiger partial charge in [0.2, 0.25) is 15.9 Å². The number of carbonyl (C=O) groups excluding carboxylic acids is 1. The fraction of sp³-hybridized carbons (Fsp3) is 0.136. The number of carbonyl (C=O) groups is 1. The minimum absolute atomic E-state index is 0.0284. The largest absolute Gasteiger partial charge is 0.314 e. The van der Waals surface area contributed by atoms with Crippen LogP contribution in [-0.2, 0) is 21.4 Å². The highest BCUT2D eigenvalue weighted by atomic mass is 35.5. The highest BCUT2D eigenvalue weighted by Crippen LogP contribution is 2.26. The molecule has 5 nitrogen and oxygen atoms in total. The maximum atomic E-state index is 14.4. The Labute approximate surface area is 194 Å². The van der Waals surface area contributed by atoms with Crippen molar-refractivity contribution in [2.45, 2.75) is 11.4 Å². The van der Waals surface area contributed by atoms with Gasteiger partial charge in [-0.25, -0.2) is 17.2 Å². The first-order valence-corrected chi connectivity index (χ1v) is 11.5. The molecule has 0 aliphatic rings. The summed E-state index contributed by atoms with van der Waals surface area (Å²) in [7, 11) is -2.80. The van der Waals surface area contributed by atoms with Gasteiger partial charge < -0.3 is 4.90 Å². The Morgan fingerprint density at radius 2 is 1.56 bits per heavy atom. The van der Waals surface area contributed by atoms with Crippen LogP contribution in [0.15, 0.2) is 71.6 Å². The first-order valence-electron chi connectivity index (χ1n) is 9.30. The number of anilines is 1. The highest BCUT2D eigenvalue weighted by Gasteiger charge is 2.30. The van der Waals surface area contributed by atoms with Crippen LogP contribution >= 0.6 is 23.2 Å². The van der Waals surface area contributed by atoms with E-state index in [1.165, 1.54) is 72.6 Å². The van der Waals surface area contributed by atoms with Crippen molar-refractivity contribution in [1.29, 1.82) is 0 Å². The summed E-state index contributed by atoms with van der Waals surface area (Å²) < 4.78 is 55.1. The van der Waals surface area contributed by atoms with Crippen molar-refractivity contribution in [1.82, 2.24) is 4.31 Å². The van der Waals surface area contributed by atoms with Crippen LogP contribution < -0.4 is 4.90 Å². The summed E-state index contributed by atoms with van der Waals surface area (Å²) in [6.45, 7) is -1.08. The monoisotopic (exact) mass is 498 g/mol. The number of likely N-dealkylation sites (N-methyl/N-ethyl adjacent to an activating group) is 1. The molecule has 0 atom stereocenters. The Morgan fingerprint density at radius 3 is 2.16 bits per heavy atom. The normalized spacial score (nSPS) is 11.6. The van der Waals surface area contributed by atoms with E-state index < -0.39 is 40.7 Å². The highest BCUT2D eigenvalue weighted by molar-refractivity contribution is 7.89. The number of sulfonamides is 1. The zero-order valence-electron chi connectivity index (χ0n) is 16.8. The number of nitrogens with zero attached hydrogens (tertiary/aromatic N) is 2. The van der Waals surface area contributed by atoms with Gasteiger partial charge in [0.1, 0.15) is 11.6 Å². The maximum Gasteiger partial charge on any atom is 0.243 e. The molecule has 3 aromatic carbocycles. The molecule has 32 heavy (non-hydrogen) atoms. The smallest absolute Gasteiger partial charge is 0.243 e. The molecule has 3 rings (SSSR count). The van der Waals surface area contributed by atoms with E-state index in [9.17, 15) is 22.0 Å². The van der Waals surface area contributed by atoms with Crippen LogP contribution in [0.5, 0.6) is 0 Å². The van der Waals surface area contributed by atoms with Crippen LogP contribution in [-0.4, -0.2) is 32.2 Å². The molecule has 0 N–H and O–H groups in total. The Hall–Kier alpha value is -2.52. The molecule has 0 aliphatic carbocycles. The molecule has 0 aliphatic heterocycles. The third-order valence-corrected chi connectivity index (χ3v) is 7.16. The summed E-state index contributed by atoms with van der Waals surface area (Å²) in [5, 5.41) is 0.361. The standard InChI is InChI=1S/C22H18Cl2F2N2O3S/c1-27(17-9-7-16(25)8-10-17)22(29)14-28(13-19-20(24)3-2-4-21(19)26)32(30,31)18-11-5-15(23)6-12-18/h2-12H,13-14H2,1H3. The average Bonchev–Trinajstić information content (AvgIpc) is 2.75. The van der Waals surface area contributed by atoms with E-state index in [0.717, 1.165) is 10.4 Å². The van der Waals surface area contributed by atoms with Gasteiger partial charge >= 0.3 is 0 Å². The van der Waals surface area contributed by atoms with Crippen LogP contribution in [0.2, 0.25) is 10.0 Å². The van der Waals surface area contributed by atoms with Gasteiger partial charge in [0.25, 0.3) is 0 Å². The van der Waals surface area contributed by atoms with Crippen LogP contribution in [0.25, 0.3) is 0 Å². The molecule has 0 radical (unpaired) electrons. The van der Waals surface area contributed by atoms with Gasteiger partial charge in [0.15, 0.2) is 0 Å². The topological polar surface area (TPSA) is 57.7 Å². The number of amides is 1. The Morgan fingerprint density at radius 1 is 0.938 bits per heavy atom. The lowest BCUT2D eigenvalue weighted by atomic mass is 10.2. The minimum atomic E-state index is -4.23. The third-order valence-electron chi connectivity index (χ3n) is 4.75. The predicted octanol–water partition coefficient (Wildman–Crippen LogP) is 5.13. The van der Waals surface area contributed by atoms with Crippen molar-refractivity contribution in [3.8, 4) is 0 Å². The Kier molecular flexibility index (Phi) is 7.51. The van der Waals surface area contributed by atoms with Crippen molar-refractivity contribution in [3.05, 3.63) is 94.0 Å². The van der Waals surface area contributed by atoms with Gasteiger partial charge in [-0.05, 0) is 60.7 Å². The lowest BCUT2D eigenvalue weighted by Crippen LogP contribution is -2.41. The number of benzene rings is 3. The molecule has 0 fully saturated rings. The molecular formula is C22H18Cl2F2N2O3S. The summed E-state index contributed by atoms with van der Waals surface area (Å²) in [5.41, 5.74) is 0.299. The van der Waals surface area contributed by atoms with Crippen molar-refractivity contribution in [2.75, 3.05) is 18.5 Å². The van der Waals surface area contributed by atoms with Gasteiger partial charge in [-0.15, -0.1) is 0 Å². The number of halogens is 4. The molecule has 10 heteroatoms. The quantitative estimate of drug-likeness (QED) is 0.453. The summed E-state index contributed by atoms with van der Waals surface area (Å²) in [5.74, 6) is -1.79. The van der Waals surface area contributed by atoms with E-state index in [4.69, 9.17) is 23.2 Å². The van der Waals surface area contributed by atoms with E-state index in [1.54, 1.807) is 0 Å². The lowest BCUT2D eigenvalue weighted by Gasteiger charge is -2.25. The Bertz CT molecular complexity index is 1200. The van der Waals surface area contributed by atoms with Gasteiger partial charge in [0, 0.05) is 34.9 Å². The molecule has 0 aromatic heterocycles. The van der Waals surface area contributed by atoms with Gasteiger partial charge in [-0.1, -0.05) is 29.3 Å². The second-order valence-corrected chi connectivity index (χ2v) is 9.64. The van der Waals surface area contributed by atoms with Crippen molar-refractivity contribution < 1.29 is 22.0 Å². The van der Waals surface area contributed by atoms with Crippen LogP contribution in [0, 0.1) is 11.6 Å². The van der Waals surface area contributed by atoms with E-state index in [2.05, 4.69) is 0 Å². The van der Waals surface area contributed by atoms with E-state index in [1.807, 2.05) is 0 Å². The molecular weight excluding hydrogens is 481 g/mol. The van der Waals surface area contributed by atoms with Crippen molar-refractivity contribution >= 4 is 44.8 Å². The first kappa shape index (κ1) is 24.1. The average molecular weight is 499 g/mol. The molecule has 0 saturated carbocycles. The van der Waals surface area contributed by atoms with Crippen LogP contribution in [0.1, 0.15) is 5.56 Å². The zero-order chi connectivity index (χ0) is 23.5. The van der Waals surface area contributed by atoms with Gasteiger partial charge in [-0.2, -0.15) is 4.31 Å². The second kappa shape index (κ2) is 9.95. The first-order chi connectivity index (χ1) is 15.1. The number of hydrogen-bond acceptors (Lipinski definition) is 3. The summed E-state index contributed by atoms with van der Waals surface area (Å²) in [4.78, 5) is 14.0. The summed E-state index contributed by atoms with van der Waals surface area (Å²) in [6, 6.07) is 14.5. The zero-order valence-corrected chi connectivity index (χ0v) is 19.1. The molecule has 0 unspecified atom stereocenters. The number of rotatable bonds is 7. The predicted molar refractivity (Wildman–Crippen MR) is 120 cm³/mol. The van der Waals surface area contributed by atoms with E-state index >= 15 is 0 Å². The van der Waals surface area contributed by atoms with Crippen LogP contribution in [0.3, 0.4) is 0 Å². The molecule has 0 heterocycles. The van der Waals surface area contributed by atoms with E-state index in [-0.39, 0.29) is 15.5 Å². The fourth-order valence-electron chi connectivity index (χ4n) is 2.91. The molecule has 168 valence electrons. The Balaban J connectivity index is 1.97. The fourth-order valence-corrected chi connectivity index (χ4v) is 4.61. The molecule has 1 amide bonds. The minimum Gasteiger partial charge on any atom is -0.314 e. The molecule has 0 spiro atoms. The summed E-state index contributed by atoms with van der Waals surface area (Å²) in [6.07, 6.45) is 0. The summed E-state index contributed by atoms with van der Waals surface area (Å²) >= 11 is 11.9. The molecule has 0 bridgehead atoms. The second-order valence-electron chi connectivity index (χ2n) is 6.86. The van der Waals surface area contributed by atoms with Gasteiger partial charge in [0.05, 0.1) is 11.4 Å². The van der Waals surface area contributed by atoms with Gasteiger partial charge in [-0.3, -0.25) is 4.79 Å². The maximum absolute atomic E-state index is 14.4. The van der Waals surface area contributed by atoms with Crippen molar-refractivity contribution in [3.63, 3.8) is 0 Å². The molecule has 0 saturated heterocycles. The lowest BCUT2D eigenvalue weighted by molar-refractivity contribution is -0.118.